The average molecular weight is 306 g/mol. The van der Waals surface area contributed by atoms with Gasteiger partial charge in [-0.3, -0.25) is 0 Å². The molecule has 21 heavy (non-hydrogen) atoms. The predicted molar refractivity (Wildman–Crippen MR) is 78.1 cm³/mol. The third-order valence-corrected chi connectivity index (χ3v) is 3.10. The van der Waals surface area contributed by atoms with E-state index in [1.807, 2.05) is 0 Å². The van der Waals surface area contributed by atoms with Crippen LogP contribution in [0.2, 0.25) is 5.02 Å². The first-order valence-electron chi connectivity index (χ1n) is 6.27. The van der Waals surface area contributed by atoms with Gasteiger partial charge in [-0.25, -0.2) is 0 Å². The van der Waals surface area contributed by atoms with Crippen LogP contribution in [-0.2, 0) is 0 Å². The van der Waals surface area contributed by atoms with E-state index in [0.29, 0.717) is 27.5 Å². The fourth-order valence-electron chi connectivity index (χ4n) is 1.92. The minimum Gasteiger partial charge on any atom is -0.505 e. The second-order valence-corrected chi connectivity index (χ2v) is 4.78. The number of fused-ring (bicyclic) bond motifs is 1. The van der Waals surface area contributed by atoms with Crippen LogP contribution in [0.15, 0.2) is 36.4 Å². The summed E-state index contributed by atoms with van der Waals surface area (Å²) in [6.45, 7) is 0.0799. The molecule has 108 valence electrons. The van der Waals surface area contributed by atoms with Gasteiger partial charge in [0.05, 0.1) is 6.61 Å². The molecule has 0 saturated heterocycles. The second kappa shape index (κ2) is 5.59. The van der Waals surface area contributed by atoms with Crippen LogP contribution < -0.4 is 4.74 Å². The topological polar surface area (TPSA) is 80.4 Å². The molecule has 2 aromatic carbocycles. The van der Waals surface area contributed by atoms with Crippen molar-refractivity contribution >= 4 is 22.6 Å². The Bertz CT molecular complexity index is 788. The number of phenolic OH excluding ortho intramolecular Hbond substituents is 1. The van der Waals surface area contributed by atoms with E-state index in [2.05, 4.69) is 10.2 Å². The molecule has 3 rings (SSSR count). The third kappa shape index (κ3) is 2.76. The molecule has 0 spiro atoms. The van der Waals surface area contributed by atoms with Gasteiger partial charge in [-0.2, -0.15) is 0 Å². The van der Waals surface area contributed by atoms with Gasteiger partial charge >= 0.3 is 0 Å². The fourth-order valence-corrected chi connectivity index (χ4v) is 2.09. The molecule has 0 unspecified atom stereocenters. The second-order valence-electron chi connectivity index (χ2n) is 4.35. The minimum absolute atomic E-state index is 0.0168. The Morgan fingerprint density at radius 2 is 1.90 bits per heavy atom. The Balaban J connectivity index is 1.98. The van der Waals surface area contributed by atoms with Crippen molar-refractivity contribution in [1.82, 2.24) is 15.0 Å². The molecule has 0 aliphatic carbocycles. The van der Waals surface area contributed by atoms with Gasteiger partial charge in [0.2, 0.25) is 0 Å². The van der Waals surface area contributed by atoms with Crippen LogP contribution >= 0.6 is 11.6 Å². The van der Waals surface area contributed by atoms with E-state index >= 15 is 0 Å². The maximum absolute atomic E-state index is 10.1. The lowest BCUT2D eigenvalue weighted by Gasteiger charge is -2.07. The van der Waals surface area contributed by atoms with Crippen LogP contribution in [0.1, 0.15) is 0 Å². The third-order valence-electron chi connectivity index (χ3n) is 2.86. The molecular formula is C14H12ClN3O3. The van der Waals surface area contributed by atoms with Crippen molar-refractivity contribution in [3.63, 3.8) is 0 Å². The largest absolute Gasteiger partial charge is 0.505 e. The lowest BCUT2D eigenvalue weighted by molar-refractivity contribution is 0.201. The van der Waals surface area contributed by atoms with Gasteiger partial charge in [-0.05, 0) is 30.3 Å². The molecule has 0 radical (unpaired) electrons. The molecule has 3 aromatic rings. The molecule has 0 bridgehead atoms. The molecule has 0 atom stereocenters. The molecule has 6 nitrogen and oxygen atoms in total. The van der Waals surface area contributed by atoms with Gasteiger partial charge in [0.25, 0.3) is 0 Å². The summed E-state index contributed by atoms with van der Waals surface area (Å²) in [5.41, 5.74) is 1.75. The monoisotopic (exact) mass is 305 g/mol. The van der Waals surface area contributed by atoms with Crippen molar-refractivity contribution in [2.24, 2.45) is 0 Å². The number of hydrogen-bond donors (Lipinski definition) is 2. The number of aliphatic hydroxyl groups is 1. The lowest BCUT2D eigenvalue weighted by atomic mass is 10.3. The number of aliphatic hydroxyl groups excluding tert-OH is 1. The molecule has 0 amide bonds. The Kier molecular flexibility index (Phi) is 3.64. The quantitative estimate of drug-likeness (QED) is 0.772. The number of hydrogen-bond acceptors (Lipinski definition) is 5. The summed E-state index contributed by atoms with van der Waals surface area (Å²) in [7, 11) is 0. The average Bonchev–Trinajstić information content (AvgIpc) is 2.87. The predicted octanol–water partition coefficient (Wildman–Crippen LogP) is 2.15. The highest BCUT2D eigenvalue weighted by Gasteiger charge is 2.10. The summed E-state index contributed by atoms with van der Waals surface area (Å²) in [6.07, 6.45) is 0. The van der Waals surface area contributed by atoms with Crippen molar-refractivity contribution in [2.45, 2.75) is 0 Å². The molecule has 7 heteroatoms. The first kappa shape index (κ1) is 13.7. The van der Waals surface area contributed by atoms with Gasteiger partial charge in [0, 0.05) is 11.1 Å². The van der Waals surface area contributed by atoms with Crippen molar-refractivity contribution < 1.29 is 14.9 Å². The van der Waals surface area contributed by atoms with E-state index in [-0.39, 0.29) is 19.0 Å². The highest BCUT2D eigenvalue weighted by molar-refractivity contribution is 6.31. The summed E-state index contributed by atoms with van der Waals surface area (Å²) in [6, 6.07) is 9.96. The van der Waals surface area contributed by atoms with Crippen molar-refractivity contribution in [1.29, 1.82) is 0 Å². The Morgan fingerprint density at radius 3 is 2.67 bits per heavy atom. The van der Waals surface area contributed by atoms with Crippen molar-refractivity contribution in [2.75, 3.05) is 13.2 Å². The fraction of sp³-hybridized carbons (Fsp3) is 0.143. The Labute approximate surface area is 125 Å². The van der Waals surface area contributed by atoms with E-state index in [9.17, 15) is 5.11 Å². The van der Waals surface area contributed by atoms with E-state index in [1.54, 1.807) is 30.3 Å². The number of ether oxygens (including phenoxy) is 1. The highest BCUT2D eigenvalue weighted by atomic mass is 35.5. The van der Waals surface area contributed by atoms with E-state index < -0.39 is 0 Å². The molecular weight excluding hydrogens is 294 g/mol. The number of aromatic hydroxyl groups is 1. The van der Waals surface area contributed by atoms with Crippen LogP contribution in [0.5, 0.6) is 11.5 Å². The van der Waals surface area contributed by atoms with Crippen LogP contribution in [0, 0.1) is 0 Å². The maximum Gasteiger partial charge on any atom is 0.146 e. The zero-order chi connectivity index (χ0) is 14.8. The van der Waals surface area contributed by atoms with Gasteiger partial charge < -0.3 is 14.9 Å². The normalized spacial score (nSPS) is 11.0. The molecule has 0 aliphatic rings. The Hall–Kier alpha value is -2.31. The first-order valence-corrected chi connectivity index (χ1v) is 6.65. The van der Waals surface area contributed by atoms with Gasteiger partial charge in [0.15, 0.2) is 0 Å². The lowest BCUT2D eigenvalue weighted by Crippen LogP contribution is -2.03. The van der Waals surface area contributed by atoms with Crippen LogP contribution in [0.3, 0.4) is 0 Å². The summed E-state index contributed by atoms with van der Waals surface area (Å²) < 4.78 is 5.22. The van der Waals surface area contributed by atoms with Crippen LogP contribution in [0.4, 0.5) is 0 Å². The van der Waals surface area contributed by atoms with Gasteiger partial charge in [-0.1, -0.05) is 11.6 Å². The molecule has 1 aromatic heterocycles. The van der Waals surface area contributed by atoms with E-state index in [1.165, 1.54) is 10.9 Å². The van der Waals surface area contributed by atoms with Crippen LogP contribution in [0.25, 0.3) is 16.7 Å². The zero-order valence-corrected chi connectivity index (χ0v) is 11.7. The standard InChI is InChI=1S/C14H12ClN3O3/c15-9-1-3-11-12(7-9)17-18(16-11)13-4-2-10(8-14(13)20)21-6-5-19/h1-4,7-8,19-20H,5-6H2. The van der Waals surface area contributed by atoms with Crippen molar-refractivity contribution in [3.8, 4) is 17.2 Å². The number of rotatable bonds is 4. The van der Waals surface area contributed by atoms with E-state index in [0.717, 1.165) is 0 Å². The SMILES string of the molecule is OCCOc1ccc(-n2nc3ccc(Cl)cc3n2)c(O)c1. The summed E-state index contributed by atoms with van der Waals surface area (Å²) >= 11 is 5.91. The maximum atomic E-state index is 10.1. The number of phenols is 1. The minimum atomic E-state index is -0.0879. The molecule has 0 aliphatic heterocycles. The number of aromatic nitrogens is 3. The molecule has 0 saturated carbocycles. The molecule has 0 fully saturated rings. The molecule has 2 N–H and O–H groups in total. The van der Waals surface area contributed by atoms with Crippen LogP contribution in [-0.4, -0.2) is 38.4 Å². The first-order chi connectivity index (χ1) is 10.2. The number of benzene rings is 2. The van der Waals surface area contributed by atoms with Gasteiger partial charge in [0.1, 0.15) is 34.8 Å². The molecule has 1 heterocycles. The summed E-state index contributed by atoms with van der Waals surface area (Å²) in [5.74, 6) is 0.446. The number of halogens is 1. The number of nitrogens with zero attached hydrogens (tertiary/aromatic N) is 3. The smallest absolute Gasteiger partial charge is 0.146 e. The Morgan fingerprint density at radius 1 is 1.10 bits per heavy atom. The van der Waals surface area contributed by atoms with E-state index in [4.69, 9.17) is 21.4 Å². The highest BCUT2D eigenvalue weighted by Crippen LogP contribution is 2.27. The summed E-state index contributed by atoms with van der Waals surface area (Å²) in [4.78, 5) is 1.34. The van der Waals surface area contributed by atoms with Gasteiger partial charge in [-0.15, -0.1) is 15.0 Å². The zero-order valence-electron chi connectivity index (χ0n) is 10.9. The van der Waals surface area contributed by atoms with Crippen molar-refractivity contribution in [3.05, 3.63) is 41.4 Å². The summed E-state index contributed by atoms with van der Waals surface area (Å²) in [5, 5.41) is 27.9.